The first kappa shape index (κ1) is 11.3. The van der Waals surface area contributed by atoms with Crippen LogP contribution in [-0.2, 0) is 0 Å². The predicted molar refractivity (Wildman–Crippen MR) is 57.3 cm³/mol. The molecule has 1 unspecified atom stereocenters. The van der Waals surface area contributed by atoms with Crippen LogP contribution in [0.1, 0.15) is 26.7 Å². The fraction of sp³-hybridized carbons (Fsp3) is 0.900. The first-order valence-corrected chi connectivity index (χ1v) is 5.50. The molecule has 0 bridgehead atoms. The van der Waals surface area contributed by atoms with Gasteiger partial charge in [0.05, 0.1) is 0 Å². The lowest BCUT2D eigenvalue weighted by Crippen LogP contribution is -2.29. The Morgan fingerprint density at radius 3 is 2.93 bits per heavy atom. The minimum Gasteiger partial charge on any atom is -0.334 e. The van der Waals surface area contributed by atoms with Crippen molar-refractivity contribution in [3.8, 4) is 0 Å². The summed E-state index contributed by atoms with van der Waals surface area (Å²) >= 11 is 0. The van der Waals surface area contributed by atoms with Gasteiger partial charge in [0.2, 0.25) is 0 Å². The van der Waals surface area contributed by atoms with E-state index in [2.05, 4.69) is 17.6 Å². The lowest BCUT2D eigenvalue weighted by molar-refractivity contribution is 0.216. The normalized spacial score (nSPS) is 21.4. The summed E-state index contributed by atoms with van der Waals surface area (Å²) in [5.74, 6) is 0. The Bertz CT molecular complexity index is 184. The average Bonchev–Trinajstić information content (AvgIpc) is 2.45. The summed E-state index contributed by atoms with van der Waals surface area (Å²) < 4.78 is 0. The van der Waals surface area contributed by atoms with Crippen molar-refractivity contribution in [3.05, 3.63) is 0 Å². The number of amides is 2. The molecule has 1 atom stereocenters. The second kappa shape index (κ2) is 5.86. The zero-order valence-corrected chi connectivity index (χ0v) is 9.18. The van der Waals surface area contributed by atoms with Crippen LogP contribution in [0, 0.1) is 0 Å². The van der Waals surface area contributed by atoms with E-state index in [1.165, 1.54) is 0 Å². The summed E-state index contributed by atoms with van der Waals surface area (Å²) in [4.78, 5) is 13.2. The minimum absolute atomic E-state index is 0.0981. The molecule has 2 N–H and O–H groups in total. The predicted octanol–water partition coefficient (Wildman–Crippen LogP) is 0.790. The van der Waals surface area contributed by atoms with E-state index in [4.69, 9.17) is 0 Å². The summed E-state index contributed by atoms with van der Waals surface area (Å²) in [7, 11) is 0. The van der Waals surface area contributed by atoms with Gasteiger partial charge in [0, 0.05) is 19.1 Å². The Morgan fingerprint density at radius 2 is 2.36 bits per heavy atom. The highest BCUT2D eigenvalue weighted by Crippen LogP contribution is 2.04. The highest BCUT2D eigenvalue weighted by Gasteiger charge is 2.24. The maximum absolute atomic E-state index is 11.3. The Morgan fingerprint density at radius 1 is 1.57 bits per heavy atom. The van der Waals surface area contributed by atoms with Gasteiger partial charge in [0.1, 0.15) is 0 Å². The fourth-order valence-corrected chi connectivity index (χ4v) is 1.68. The molecule has 1 aliphatic rings. The molecule has 2 amide bonds. The molecule has 1 heterocycles. The first-order valence-electron chi connectivity index (χ1n) is 5.50. The average molecular weight is 199 g/mol. The molecule has 0 aromatic rings. The molecule has 1 saturated heterocycles. The van der Waals surface area contributed by atoms with Crippen LogP contribution in [0.5, 0.6) is 0 Å². The van der Waals surface area contributed by atoms with Gasteiger partial charge in [-0.05, 0) is 32.9 Å². The van der Waals surface area contributed by atoms with E-state index in [1.54, 1.807) is 0 Å². The van der Waals surface area contributed by atoms with Crippen LogP contribution in [0.15, 0.2) is 0 Å². The number of carbonyl (C=O) groups excluding carboxylic acids is 1. The van der Waals surface area contributed by atoms with Gasteiger partial charge in [-0.1, -0.05) is 6.92 Å². The molecule has 4 nitrogen and oxygen atoms in total. The second-order valence-corrected chi connectivity index (χ2v) is 3.86. The maximum Gasteiger partial charge on any atom is 0.317 e. The van der Waals surface area contributed by atoms with E-state index in [9.17, 15) is 4.79 Å². The number of rotatable bonds is 6. The van der Waals surface area contributed by atoms with Crippen LogP contribution in [-0.4, -0.2) is 43.2 Å². The topological polar surface area (TPSA) is 44.4 Å². The van der Waals surface area contributed by atoms with Crippen molar-refractivity contribution < 1.29 is 4.79 Å². The van der Waals surface area contributed by atoms with Crippen molar-refractivity contribution in [2.45, 2.75) is 32.7 Å². The number of carbonyl (C=O) groups is 1. The number of hydrogen-bond donors (Lipinski definition) is 2. The molecule has 82 valence electrons. The highest BCUT2D eigenvalue weighted by atomic mass is 16.2. The molecule has 0 aliphatic carbocycles. The first-order chi connectivity index (χ1) is 6.74. The van der Waals surface area contributed by atoms with Gasteiger partial charge in [0.25, 0.3) is 0 Å². The summed E-state index contributed by atoms with van der Waals surface area (Å²) in [6.45, 7) is 7.98. The van der Waals surface area contributed by atoms with Crippen LogP contribution in [0.3, 0.4) is 0 Å². The van der Waals surface area contributed by atoms with Crippen molar-refractivity contribution in [2.24, 2.45) is 0 Å². The molecule has 1 fully saturated rings. The largest absolute Gasteiger partial charge is 0.334 e. The van der Waals surface area contributed by atoms with Gasteiger partial charge in [0.15, 0.2) is 0 Å². The van der Waals surface area contributed by atoms with E-state index in [1.807, 2.05) is 11.8 Å². The molecule has 0 spiro atoms. The highest BCUT2D eigenvalue weighted by molar-refractivity contribution is 5.76. The molecule has 0 aromatic carbocycles. The lowest BCUT2D eigenvalue weighted by Gasteiger charge is -2.13. The van der Waals surface area contributed by atoms with Gasteiger partial charge in [-0.3, -0.25) is 0 Å². The number of nitrogens with zero attached hydrogens (tertiary/aromatic N) is 1. The summed E-state index contributed by atoms with van der Waals surface area (Å²) in [5, 5.41) is 6.16. The molecule has 1 rings (SSSR count). The molecular formula is C10H21N3O. The maximum atomic E-state index is 11.3. The van der Waals surface area contributed by atoms with E-state index in [-0.39, 0.29) is 6.03 Å². The molecule has 14 heavy (non-hydrogen) atoms. The van der Waals surface area contributed by atoms with Crippen molar-refractivity contribution in [3.63, 3.8) is 0 Å². The van der Waals surface area contributed by atoms with Gasteiger partial charge >= 0.3 is 6.03 Å². The van der Waals surface area contributed by atoms with Gasteiger partial charge in [-0.25, -0.2) is 4.79 Å². The summed E-state index contributed by atoms with van der Waals surface area (Å²) in [6.07, 6.45) is 2.24. The summed E-state index contributed by atoms with van der Waals surface area (Å²) in [5.41, 5.74) is 0. The zero-order chi connectivity index (χ0) is 10.4. The number of unbranched alkanes of at least 4 members (excludes halogenated alkanes) is 1. The SMILES string of the molecule is CCNCCCCN1CC(C)NC1=O. The van der Waals surface area contributed by atoms with Gasteiger partial charge in [-0.15, -0.1) is 0 Å². The van der Waals surface area contributed by atoms with Crippen LogP contribution in [0.4, 0.5) is 4.79 Å². The molecule has 0 aromatic heterocycles. The Labute approximate surface area is 86.0 Å². The van der Waals surface area contributed by atoms with Crippen LogP contribution in [0.25, 0.3) is 0 Å². The van der Waals surface area contributed by atoms with Crippen LogP contribution < -0.4 is 10.6 Å². The van der Waals surface area contributed by atoms with Crippen molar-refractivity contribution in [2.75, 3.05) is 26.2 Å². The van der Waals surface area contributed by atoms with Crippen LogP contribution >= 0.6 is 0 Å². The molecule has 0 saturated carbocycles. The van der Waals surface area contributed by atoms with E-state index in [0.29, 0.717) is 6.04 Å². The molecule has 0 radical (unpaired) electrons. The van der Waals surface area contributed by atoms with Crippen molar-refractivity contribution >= 4 is 6.03 Å². The van der Waals surface area contributed by atoms with E-state index in [0.717, 1.165) is 39.0 Å². The minimum atomic E-state index is 0.0981. The monoisotopic (exact) mass is 199 g/mol. The number of urea groups is 1. The van der Waals surface area contributed by atoms with Gasteiger partial charge < -0.3 is 15.5 Å². The molecule has 4 heteroatoms. The second-order valence-electron chi connectivity index (χ2n) is 3.86. The Balaban J connectivity index is 2.04. The van der Waals surface area contributed by atoms with E-state index >= 15 is 0 Å². The Kier molecular flexibility index (Phi) is 4.73. The third-order valence-corrected chi connectivity index (χ3v) is 2.43. The summed E-state index contributed by atoms with van der Waals surface area (Å²) in [6, 6.07) is 0.414. The standard InChI is InChI=1S/C10H21N3O/c1-3-11-6-4-5-7-13-8-9(2)12-10(13)14/h9,11H,3-8H2,1-2H3,(H,12,14). The Hall–Kier alpha value is -0.770. The van der Waals surface area contributed by atoms with E-state index < -0.39 is 0 Å². The molecular weight excluding hydrogens is 178 g/mol. The fourth-order valence-electron chi connectivity index (χ4n) is 1.68. The van der Waals surface area contributed by atoms with Crippen LogP contribution in [0.2, 0.25) is 0 Å². The third-order valence-electron chi connectivity index (χ3n) is 2.43. The smallest absolute Gasteiger partial charge is 0.317 e. The number of nitrogens with one attached hydrogen (secondary N) is 2. The van der Waals surface area contributed by atoms with Crippen molar-refractivity contribution in [1.29, 1.82) is 0 Å². The zero-order valence-electron chi connectivity index (χ0n) is 9.18. The lowest BCUT2D eigenvalue weighted by atomic mass is 10.3. The quantitative estimate of drug-likeness (QED) is 0.621. The third kappa shape index (κ3) is 3.54. The van der Waals surface area contributed by atoms with Crippen molar-refractivity contribution in [1.82, 2.24) is 15.5 Å². The molecule has 1 aliphatic heterocycles. The van der Waals surface area contributed by atoms with Gasteiger partial charge in [-0.2, -0.15) is 0 Å². The number of hydrogen-bond acceptors (Lipinski definition) is 2.